The van der Waals surface area contributed by atoms with E-state index in [2.05, 4.69) is 0 Å². The van der Waals surface area contributed by atoms with E-state index in [1.54, 1.807) is 4.90 Å². The molecule has 1 amide bonds. The Kier molecular flexibility index (Phi) is 3.50. The minimum absolute atomic E-state index is 0.0229. The Balaban J connectivity index is 2.70. The summed E-state index contributed by atoms with van der Waals surface area (Å²) in [5.74, 6) is 0.0229. The lowest BCUT2D eigenvalue weighted by molar-refractivity contribution is -0.141. The lowest BCUT2D eigenvalue weighted by atomic mass is 9.93. The SMILES string of the molecule is CC(C)(CCO)N1CCCC(N)C1=O. The van der Waals surface area contributed by atoms with Crippen molar-refractivity contribution in [3.05, 3.63) is 0 Å². The van der Waals surface area contributed by atoms with E-state index < -0.39 is 0 Å². The number of hydrogen-bond donors (Lipinski definition) is 2. The molecule has 0 saturated carbocycles. The van der Waals surface area contributed by atoms with Gasteiger partial charge in [-0.15, -0.1) is 0 Å². The molecule has 0 aromatic heterocycles. The molecule has 0 aromatic carbocycles. The normalized spacial score (nSPS) is 24.1. The fourth-order valence-corrected chi connectivity index (χ4v) is 1.91. The van der Waals surface area contributed by atoms with Crippen molar-refractivity contribution < 1.29 is 9.90 Å². The summed E-state index contributed by atoms with van der Waals surface area (Å²) in [6, 6.07) is -0.346. The first-order chi connectivity index (χ1) is 6.49. The number of carbonyl (C=O) groups excluding carboxylic acids is 1. The number of hydrogen-bond acceptors (Lipinski definition) is 3. The zero-order chi connectivity index (χ0) is 10.8. The Morgan fingerprint density at radius 3 is 2.86 bits per heavy atom. The molecular formula is C10H20N2O2. The van der Waals surface area contributed by atoms with Crippen molar-refractivity contribution in [3.63, 3.8) is 0 Å². The van der Waals surface area contributed by atoms with Crippen LogP contribution in [-0.4, -0.2) is 40.6 Å². The number of rotatable bonds is 3. The van der Waals surface area contributed by atoms with Crippen LogP contribution >= 0.6 is 0 Å². The molecule has 1 rings (SSSR count). The van der Waals surface area contributed by atoms with Gasteiger partial charge >= 0.3 is 0 Å². The van der Waals surface area contributed by atoms with Gasteiger partial charge in [-0.2, -0.15) is 0 Å². The minimum Gasteiger partial charge on any atom is -0.396 e. The monoisotopic (exact) mass is 200 g/mol. The first-order valence-electron chi connectivity index (χ1n) is 5.17. The number of amides is 1. The minimum atomic E-state index is -0.346. The third kappa shape index (κ3) is 2.25. The maximum absolute atomic E-state index is 11.8. The highest BCUT2D eigenvalue weighted by Gasteiger charge is 2.35. The smallest absolute Gasteiger partial charge is 0.239 e. The zero-order valence-corrected chi connectivity index (χ0v) is 8.99. The molecule has 1 saturated heterocycles. The van der Waals surface area contributed by atoms with E-state index in [1.165, 1.54) is 0 Å². The molecule has 14 heavy (non-hydrogen) atoms. The van der Waals surface area contributed by atoms with Crippen LogP contribution in [0.2, 0.25) is 0 Å². The third-order valence-corrected chi connectivity index (χ3v) is 2.93. The van der Waals surface area contributed by atoms with E-state index in [0.29, 0.717) is 6.42 Å². The largest absolute Gasteiger partial charge is 0.396 e. The van der Waals surface area contributed by atoms with E-state index in [9.17, 15) is 4.79 Å². The molecule has 1 aliphatic rings. The summed E-state index contributed by atoms with van der Waals surface area (Å²) < 4.78 is 0. The zero-order valence-electron chi connectivity index (χ0n) is 8.99. The molecule has 0 bridgehead atoms. The number of aliphatic hydroxyl groups excluding tert-OH is 1. The second-order valence-electron chi connectivity index (χ2n) is 4.52. The van der Waals surface area contributed by atoms with Crippen molar-refractivity contribution in [2.75, 3.05) is 13.2 Å². The van der Waals surface area contributed by atoms with Crippen LogP contribution < -0.4 is 5.73 Å². The molecule has 3 N–H and O–H groups in total. The van der Waals surface area contributed by atoms with Gasteiger partial charge in [0.1, 0.15) is 0 Å². The van der Waals surface area contributed by atoms with Gasteiger partial charge in [-0.3, -0.25) is 4.79 Å². The molecule has 0 radical (unpaired) electrons. The van der Waals surface area contributed by atoms with Crippen molar-refractivity contribution in [2.24, 2.45) is 5.73 Å². The van der Waals surface area contributed by atoms with E-state index in [-0.39, 0.29) is 24.1 Å². The molecule has 1 heterocycles. The molecule has 0 aliphatic carbocycles. The second-order valence-corrected chi connectivity index (χ2v) is 4.52. The highest BCUT2D eigenvalue weighted by molar-refractivity contribution is 5.83. The first kappa shape index (κ1) is 11.5. The fraction of sp³-hybridized carbons (Fsp3) is 0.900. The topological polar surface area (TPSA) is 66.6 Å². The lowest BCUT2D eigenvalue weighted by Crippen LogP contribution is -2.57. The molecule has 0 aromatic rings. The number of piperidine rings is 1. The third-order valence-electron chi connectivity index (χ3n) is 2.93. The van der Waals surface area contributed by atoms with Gasteiger partial charge in [0, 0.05) is 18.7 Å². The maximum atomic E-state index is 11.8. The molecule has 1 fully saturated rings. The van der Waals surface area contributed by atoms with Crippen LogP contribution in [-0.2, 0) is 4.79 Å². The Morgan fingerprint density at radius 1 is 1.64 bits per heavy atom. The van der Waals surface area contributed by atoms with E-state index in [0.717, 1.165) is 19.4 Å². The van der Waals surface area contributed by atoms with E-state index in [1.807, 2.05) is 13.8 Å². The highest BCUT2D eigenvalue weighted by Crippen LogP contribution is 2.23. The molecule has 1 aliphatic heterocycles. The van der Waals surface area contributed by atoms with Gasteiger partial charge in [0.05, 0.1) is 6.04 Å². The summed E-state index contributed by atoms with van der Waals surface area (Å²) >= 11 is 0. The van der Waals surface area contributed by atoms with E-state index in [4.69, 9.17) is 10.8 Å². The Bertz CT molecular complexity index is 216. The number of carbonyl (C=O) groups is 1. The summed E-state index contributed by atoms with van der Waals surface area (Å²) in [7, 11) is 0. The Labute approximate surface area is 85.1 Å². The predicted octanol–water partition coefficient (Wildman–Crippen LogP) is 0.0971. The Hall–Kier alpha value is -0.610. The van der Waals surface area contributed by atoms with Crippen molar-refractivity contribution in [1.82, 2.24) is 4.90 Å². The number of nitrogens with two attached hydrogens (primary N) is 1. The van der Waals surface area contributed by atoms with Crippen molar-refractivity contribution in [1.29, 1.82) is 0 Å². The standard InChI is InChI=1S/C10H20N2O2/c1-10(2,5-7-13)12-6-3-4-8(11)9(12)14/h8,13H,3-7,11H2,1-2H3. The quantitative estimate of drug-likeness (QED) is 0.679. The average molecular weight is 200 g/mol. The van der Waals surface area contributed by atoms with Crippen LogP contribution in [0.3, 0.4) is 0 Å². The van der Waals surface area contributed by atoms with Crippen molar-refractivity contribution in [2.45, 2.75) is 44.7 Å². The highest BCUT2D eigenvalue weighted by atomic mass is 16.3. The van der Waals surface area contributed by atoms with Crippen molar-refractivity contribution >= 4 is 5.91 Å². The number of likely N-dealkylation sites (tertiary alicyclic amines) is 1. The van der Waals surface area contributed by atoms with Crippen LogP contribution in [0, 0.1) is 0 Å². The maximum Gasteiger partial charge on any atom is 0.239 e. The molecule has 1 atom stereocenters. The molecule has 82 valence electrons. The predicted molar refractivity (Wildman–Crippen MR) is 54.7 cm³/mol. The van der Waals surface area contributed by atoms with Gasteiger partial charge in [0.2, 0.25) is 5.91 Å². The van der Waals surface area contributed by atoms with Gasteiger partial charge in [-0.05, 0) is 33.1 Å². The van der Waals surface area contributed by atoms with Crippen LogP contribution in [0.5, 0.6) is 0 Å². The summed E-state index contributed by atoms with van der Waals surface area (Å²) in [4.78, 5) is 13.6. The molecule has 4 heteroatoms. The van der Waals surface area contributed by atoms with Crippen LogP contribution in [0.25, 0.3) is 0 Å². The van der Waals surface area contributed by atoms with E-state index >= 15 is 0 Å². The molecule has 0 spiro atoms. The second kappa shape index (κ2) is 4.28. The number of aliphatic hydroxyl groups is 1. The molecule has 1 unspecified atom stereocenters. The van der Waals surface area contributed by atoms with Gasteiger partial charge in [0.15, 0.2) is 0 Å². The Morgan fingerprint density at radius 2 is 2.29 bits per heavy atom. The summed E-state index contributed by atoms with van der Waals surface area (Å²) in [6.07, 6.45) is 2.35. The van der Waals surface area contributed by atoms with Gasteiger partial charge in [-0.1, -0.05) is 0 Å². The van der Waals surface area contributed by atoms with Crippen LogP contribution in [0.15, 0.2) is 0 Å². The summed E-state index contributed by atoms with van der Waals surface area (Å²) in [5, 5.41) is 8.92. The summed E-state index contributed by atoms with van der Waals surface area (Å²) in [5.41, 5.74) is 5.43. The lowest BCUT2D eigenvalue weighted by Gasteiger charge is -2.42. The molecular weight excluding hydrogens is 180 g/mol. The fourth-order valence-electron chi connectivity index (χ4n) is 1.91. The van der Waals surface area contributed by atoms with Gasteiger partial charge in [0.25, 0.3) is 0 Å². The molecule has 4 nitrogen and oxygen atoms in total. The van der Waals surface area contributed by atoms with Crippen LogP contribution in [0.1, 0.15) is 33.1 Å². The summed E-state index contributed by atoms with van der Waals surface area (Å²) in [6.45, 7) is 4.81. The average Bonchev–Trinajstić information content (AvgIpc) is 2.09. The van der Waals surface area contributed by atoms with Gasteiger partial charge < -0.3 is 15.7 Å². The van der Waals surface area contributed by atoms with Crippen LogP contribution in [0.4, 0.5) is 0 Å². The van der Waals surface area contributed by atoms with Gasteiger partial charge in [-0.25, -0.2) is 0 Å². The first-order valence-corrected chi connectivity index (χ1v) is 5.17. The number of nitrogens with zero attached hydrogens (tertiary/aromatic N) is 1. The van der Waals surface area contributed by atoms with Crippen molar-refractivity contribution in [3.8, 4) is 0 Å².